The Bertz CT molecular complexity index is 815. The van der Waals surface area contributed by atoms with Gasteiger partial charge in [0.05, 0.1) is 25.5 Å². The molecule has 1 fully saturated rings. The number of hydrogen-bond donors (Lipinski definition) is 0. The van der Waals surface area contributed by atoms with Crippen molar-refractivity contribution in [3.8, 4) is 12.5 Å². The van der Waals surface area contributed by atoms with Crippen LogP contribution in [0.15, 0.2) is 46.0 Å². The highest BCUT2D eigenvalue weighted by Crippen LogP contribution is 2.13. The van der Waals surface area contributed by atoms with Gasteiger partial charge in [0.1, 0.15) is 4.60 Å². The summed E-state index contributed by atoms with van der Waals surface area (Å²) in [5.41, 5.74) is 2.14. The Morgan fingerprint density at radius 3 is 2.88 bits per heavy atom. The van der Waals surface area contributed by atoms with E-state index >= 15 is 0 Å². The molecule has 0 saturated carbocycles. The molecular weight excluding hydrogens is 412 g/mol. The molecule has 2 aromatic heterocycles. The highest BCUT2D eigenvalue weighted by atomic mass is 79.9. The van der Waals surface area contributed by atoms with Crippen LogP contribution in [-0.4, -0.2) is 40.8 Å². The van der Waals surface area contributed by atoms with Crippen LogP contribution in [0, 0.1) is 12.5 Å². The minimum absolute atomic E-state index is 0.549. The number of nitrogens with zero attached hydrogens (tertiary/aromatic N) is 4. The zero-order valence-electron chi connectivity index (χ0n) is 14.9. The molecule has 3 rings (SSSR count). The molecule has 0 atom stereocenters. The lowest BCUT2D eigenvalue weighted by Gasteiger charge is -2.26. The quantitative estimate of drug-likeness (QED) is 0.421. The molecule has 0 bridgehead atoms. The van der Waals surface area contributed by atoms with Gasteiger partial charge in [0.25, 0.3) is 0 Å². The van der Waals surface area contributed by atoms with Gasteiger partial charge in [-0.1, -0.05) is 18.6 Å². The van der Waals surface area contributed by atoms with Crippen molar-refractivity contribution in [2.45, 2.75) is 20.0 Å². The summed E-state index contributed by atoms with van der Waals surface area (Å²) in [6, 6.07) is 6.64. The lowest BCUT2D eigenvalue weighted by Crippen LogP contribution is -2.36. The van der Waals surface area contributed by atoms with Crippen LogP contribution < -0.4 is 4.80 Å². The first kappa shape index (κ1) is 20.6. The topological polar surface area (TPSA) is 42.6 Å². The van der Waals surface area contributed by atoms with Gasteiger partial charge in [0.15, 0.2) is 4.80 Å². The number of halogens is 1. The lowest BCUT2D eigenvalue weighted by molar-refractivity contribution is 0.0334. The number of terminal acetylenes is 1. The van der Waals surface area contributed by atoms with Crippen LogP contribution in [0.5, 0.6) is 0 Å². The fourth-order valence-electron chi connectivity index (χ4n) is 2.38. The predicted octanol–water partition coefficient (Wildman–Crippen LogP) is 3.27. The van der Waals surface area contributed by atoms with Crippen molar-refractivity contribution >= 4 is 27.3 Å². The van der Waals surface area contributed by atoms with Crippen LogP contribution in [0.4, 0.5) is 0 Å². The van der Waals surface area contributed by atoms with Gasteiger partial charge in [0.2, 0.25) is 0 Å². The molecule has 0 unspecified atom stereocenters. The summed E-state index contributed by atoms with van der Waals surface area (Å²) in [5.74, 6) is 0. The van der Waals surface area contributed by atoms with Gasteiger partial charge in [-0.2, -0.15) is 0 Å². The third-order valence-electron chi connectivity index (χ3n) is 3.62. The number of ether oxygens (including phenoxy) is 1. The molecule has 138 valence electrons. The van der Waals surface area contributed by atoms with Gasteiger partial charge in [-0.05, 0) is 28.9 Å². The second-order valence-electron chi connectivity index (χ2n) is 5.54. The average Bonchev–Trinajstić information content (AvgIpc) is 3.04. The normalized spacial score (nSPS) is 15.0. The van der Waals surface area contributed by atoms with Crippen LogP contribution in [-0.2, 0) is 17.8 Å². The van der Waals surface area contributed by atoms with E-state index in [0.717, 1.165) is 53.5 Å². The van der Waals surface area contributed by atoms with Crippen molar-refractivity contribution in [2.24, 2.45) is 4.99 Å². The molecule has 0 radical (unpaired) electrons. The average molecular weight is 435 g/mol. The summed E-state index contributed by atoms with van der Waals surface area (Å²) >= 11 is 5.02. The molecule has 1 aliphatic heterocycles. The van der Waals surface area contributed by atoms with E-state index in [4.69, 9.17) is 11.2 Å². The van der Waals surface area contributed by atoms with E-state index in [1.165, 1.54) is 0 Å². The Morgan fingerprint density at radius 1 is 1.50 bits per heavy atom. The molecule has 0 spiro atoms. The van der Waals surface area contributed by atoms with E-state index in [1.807, 2.05) is 23.6 Å². The zero-order valence-corrected chi connectivity index (χ0v) is 17.3. The Hall–Kier alpha value is -1.72. The van der Waals surface area contributed by atoms with Crippen LogP contribution in [0.1, 0.15) is 18.2 Å². The maximum Gasteiger partial charge on any atom is 0.197 e. The maximum absolute atomic E-state index is 5.69. The minimum atomic E-state index is 0.549. The van der Waals surface area contributed by atoms with Crippen molar-refractivity contribution in [2.75, 3.05) is 26.3 Å². The molecule has 0 N–H and O–H groups in total. The van der Waals surface area contributed by atoms with Crippen LogP contribution in [0.3, 0.4) is 0 Å². The SMILES string of the molecule is C#Cn1c(CN2CCOCC2)csc1=NCc1cccnc1Br.C=CC. The molecule has 1 saturated heterocycles. The third-order valence-corrected chi connectivity index (χ3v) is 5.24. The monoisotopic (exact) mass is 434 g/mol. The van der Waals surface area contributed by atoms with Gasteiger partial charge >= 0.3 is 0 Å². The zero-order chi connectivity index (χ0) is 18.8. The van der Waals surface area contributed by atoms with Gasteiger partial charge in [-0.25, -0.2) is 9.55 Å². The number of aromatic nitrogens is 2. The molecule has 3 heterocycles. The summed E-state index contributed by atoms with van der Waals surface area (Å²) in [7, 11) is 0. The first-order valence-corrected chi connectivity index (χ1v) is 10.00. The Morgan fingerprint density at radius 2 is 2.23 bits per heavy atom. The first-order valence-electron chi connectivity index (χ1n) is 8.32. The predicted molar refractivity (Wildman–Crippen MR) is 110 cm³/mol. The van der Waals surface area contributed by atoms with E-state index in [9.17, 15) is 0 Å². The van der Waals surface area contributed by atoms with Gasteiger partial charge in [-0.15, -0.1) is 17.9 Å². The fraction of sp³-hybridized carbons (Fsp3) is 0.368. The molecule has 0 aliphatic carbocycles. The Kier molecular flexibility index (Phi) is 8.78. The fourth-order valence-corrected chi connectivity index (χ4v) is 3.59. The molecule has 0 amide bonds. The second kappa shape index (κ2) is 11.1. The molecule has 7 heteroatoms. The Labute approximate surface area is 167 Å². The third kappa shape index (κ3) is 5.92. The number of morpholine rings is 1. The lowest BCUT2D eigenvalue weighted by atomic mass is 10.3. The molecule has 5 nitrogen and oxygen atoms in total. The van der Waals surface area contributed by atoms with E-state index in [-0.39, 0.29) is 0 Å². The number of allylic oxidation sites excluding steroid dienone is 1. The molecule has 26 heavy (non-hydrogen) atoms. The number of pyridine rings is 1. The van der Waals surface area contributed by atoms with Gasteiger partial charge in [0, 0.05) is 42.8 Å². The van der Waals surface area contributed by atoms with E-state index in [0.29, 0.717) is 6.54 Å². The number of thiazole rings is 1. The van der Waals surface area contributed by atoms with Crippen molar-refractivity contribution in [1.29, 1.82) is 0 Å². The summed E-state index contributed by atoms with van der Waals surface area (Å²) in [5, 5.41) is 2.09. The van der Waals surface area contributed by atoms with Crippen molar-refractivity contribution < 1.29 is 4.74 Å². The summed E-state index contributed by atoms with van der Waals surface area (Å²) in [6.07, 6.45) is 9.20. The highest BCUT2D eigenvalue weighted by Gasteiger charge is 2.13. The van der Waals surface area contributed by atoms with Gasteiger partial charge in [-0.3, -0.25) is 9.89 Å². The smallest absolute Gasteiger partial charge is 0.197 e. The van der Waals surface area contributed by atoms with Crippen LogP contribution >= 0.6 is 27.3 Å². The van der Waals surface area contributed by atoms with Crippen molar-refractivity contribution in [1.82, 2.24) is 14.5 Å². The molecule has 1 aliphatic rings. The first-order chi connectivity index (χ1) is 12.7. The summed E-state index contributed by atoms with van der Waals surface area (Å²) < 4.78 is 8.04. The van der Waals surface area contributed by atoms with E-state index in [1.54, 1.807) is 23.6 Å². The van der Waals surface area contributed by atoms with Crippen molar-refractivity contribution in [3.05, 3.63) is 57.0 Å². The minimum Gasteiger partial charge on any atom is -0.379 e. The molecule has 2 aromatic rings. The van der Waals surface area contributed by atoms with Gasteiger partial charge < -0.3 is 4.74 Å². The van der Waals surface area contributed by atoms with Crippen LogP contribution in [0.2, 0.25) is 0 Å². The number of hydrogen-bond acceptors (Lipinski definition) is 5. The highest BCUT2D eigenvalue weighted by molar-refractivity contribution is 9.10. The van der Waals surface area contributed by atoms with Crippen molar-refractivity contribution in [3.63, 3.8) is 0 Å². The summed E-state index contributed by atoms with van der Waals surface area (Å²) in [4.78, 5) is 12.0. The number of rotatable bonds is 4. The van der Waals surface area contributed by atoms with Crippen LogP contribution in [0.25, 0.3) is 0 Å². The standard InChI is InChI=1S/C16H17BrN4OS.C3H6/c1-2-21-14(11-20-6-8-22-9-7-20)12-23-16(21)19-10-13-4-3-5-18-15(13)17;1-3-2/h1,3-5,12H,6-11H2;3H,1H2,2H3. The largest absolute Gasteiger partial charge is 0.379 e. The molecular formula is C19H23BrN4OS. The Balaban J connectivity index is 0.000000758. The molecule has 0 aromatic carbocycles. The van der Waals surface area contributed by atoms with E-state index in [2.05, 4.69) is 48.8 Å². The summed E-state index contributed by atoms with van der Waals surface area (Å²) in [6.45, 7) is 10.1. The second-order valence-corrected chi connectivity index (χ2v) is 7.13. The van der Waals surface area contributed by atoms with E-state index < -0.39 is 0 Å². The maximum atomic E-state index is 5.69.